The minimum atomic E-state index is -3.94. The fourth-order valence-electron chi connectivity index (χ4n) is 3.26. The van der Waals surface area contributed by atoms with Gasteiger partial charge in [0, 0.05) is 36.4 Å². The molecule has 170 valence electrons. The lowest BCUT2D eigenvalue weighted by Crippen LogP contribution is -2.35. The molecule has 0 spiro atoms. The number of sulfonamides is 1. The van der Waals surface area contributed by atoms with Crippen LogP contribution in [0.2, 0.25) is 5.02 Å². The Labute approximate surface area is 191 Å². The average molecular weight is 478 g/mol. The van der Waals surface area contributed by atoms with E-state index in [9.17, 15) is 8.42 Å². The van der Waals surface area contributed by atoms with Gasteiger partial charge in [0.1, 0.15) is 11.4 Å². The van der Waals surface area contributed by atoms with Gasteiger partial charge in [-0.3, -0.25) is 14.3 Å². The molecule has 12 heteroatoms. The number of hydrogen-bond donors (Lipinski definition) is 1. The van der Waals surface area contributed by atoms with Crippen molar-refractivity contribution in [3.05, 3.63) is 47.8 Å². The molecule has 0 amide bonds. The van der Waals surface area contributed by atoms with Gasteiger partial charge in [-0.1, -0.05) is 11.6 Å². The Morgan fingerprint density at radius 1 is 1.16 bits per heavy atom. The number of nitrogens with zero attached hydrogens (tertiary/aromatic N) is 6. The van der Waals surface area contributed by atoms with Gasteiger partial charge in [-0.15, -0.1) is 10.2 Å². The molecule has 0 saturated heterocycles. The van der Waals surface area contributed by atoms with Gasteiger partial charge >= 0.3 is 0 Å². The normalized spacial score (nSPS) is 16.2. The molecule has 0 aromatic carbocycles. The molecule has 4 rings (SSSR count). The van der Waals surface area contributed by atoms with E-state index < -0.39 is 21.4 Å². The summed E-state index contributed by atoms with van der Waals surface area (Å²) in [6.07, 6.45) is 6.87. The molecular formula is C20H24ClN7O3S. The predicted molar refractivity (Wildman–Crippen MR) is 120 cm³/mol. The number of anilines is 1. The predicted octanol–water partition coefficient (Wildman–Crippen LogP) is 3.41. The zero-order valence-corrected chi connectivity index (χ0v) is 19.5. The van der Waals surface area contributed by atoms with Crippen molar-refractivity contribution >= 4 is 27.6 Å². The Balaban J connectivity index is 1.64. The van der Waals surface area contributed by atoms with Crippen molar-refractivity contribution in [1.29, 1.82) is 0 Å². The zero-order chi connectivity index (χ0) is 22.9. The van der Waals surface area contributed by atoms with E-state index in [1.807, 2.05) is 24.5 Å². The standard InChI is InChI=1S/C20H24ClN7O3S/c1-12(2)31-17(18-23-10-15(21)11-24-18)13(3)32(29,30)27-20-26-25-19(28(20)16-6-7-16)14-5-4-8-22-9-14/h4-5,8-13,16-17H,6-7H2,1-3H3,(H,26,27). The third-order valence-electron chi connectivity index (χ3n) is 4.99. The van der Waals surface area contributed by atoms with Crippen LogP contribution in [0.1, 0.15) is 51.6 Å². The fourth-order valence-corrected chi connectivity index (χ4v) is 4.45. The van der Waals surface area contributed by atoms with E-state index in [0.29, 0.717) is 10.8 Å². The van der Waals surface area contributed by atoms with E-state index in [0.717, 1.165) is 18.4 Å². The highest BCUT2D eigenvalue weighted by Gasteiger charge is 2.37. The molecule has 1 fully saturated rings. The van der Waals surface area contributed by atoms with Crippen LogP contribution in [0.3, 0.4) is 0 Å². The summed E-state index contributed by atoms with van der Waals surface area (Å²) in [4.78, 5) is 12.5. The second-order valence-corrected chi connectivity index (χ2v) is 10.4. The SMILES string of the molecule is CC(C)OC(c1ncc(Cl)cn1)C(C)S(=O)(=O)Nc1nnc(-c2cccnc2)n1C1CC1. The molecule has 1 aliphatic rings. The smallest absolute Gasteiger partial charge is 0.240 e. The summed E-state index contributed by atoms with van der Waals surface area (Å²) in [5.74, 6) is 0.973. The summed E-state index contributed by atoms with van der Waals surface area (Å²) in [6, 6.07) is 3.80. The summed E-state index contributed by atoms with van der Waals surface area (Å²) >= 11 is 5.89. The third-order valence-corrected chi connectivity index (χ3v) is 6.88. The van der Waals surface area contributed by atoms with Crippen molar-refractivity contribution in [1.82, 2.24) is 29.7 Å². The van der Waals surface area contributed by atoms with Crippen LogP contribution in [0.4, 0.5) is 5.95 Å². The Morgan fingerprint density at radius 2 is 1.88 bits per heavy atom. The topological polar surface area (TPSA) is 125 Å². The lowest BCUT2D eigenvalue weighted by atomic mass is 10.2. The summed E-state index contributed by atoms with van der Waals surface area (Å²) in [5.41, 5.74) is 0.765. The third kappa shape index (κ3) is 4.89. The minimum absolute atomic E-state index is 0.135. The molecule has 0 aliphatic heterocycles. The van der Waals surface area contributed by atoms with Crippen LogP contribution in [0, 0.1) is 0 Å². The van der Waals surface area contributed by atoms with Crippen molar-refractivity contribution in [2.45, 2.75) is 57.1 Å². The number of pyridine rings is 1. The van der Waals surface area contributed by atoms with E-state index in [2.05, 4.69) is 29.9 Å². The molecule has 10 nitrogen and oxygen atoms in total. The molecule has 2 unspecified atom stereocenters. The lowest BCUT2D eigenvalue weighted by Gasteiger charge is -2.25. The quantitative estimate of drug-likeness (QED) is 0.497. The summed E-state index contributed by atoms with van der Waals surface area (Å²) in [7, 11) is -3.94. The monoisotopic (exact) mass is 477 g/mol. The molecule has 3 aromatic rings. The van der Waals surface area contributed by atoms with Crippen LogP contribution in [-0.2, 0) is 14.8 Å². The highest BCUT2D eigenvalue weighted by Crippen LogP contribution is 2.40. The molecule has 0 bridgehead atoms. The van der Waals surface area contributed by atoms with E-state index in [4.69, 9.17) is 16.3 Å². The Hall–Kier alpha value is -2.63. The van der Waals surface area contributed by atoms with Gasteiger partial charge < -0.3 is 4.74 Å². The first-order valence-corrected chi connectivity index (χ1v) is 12.2. The van der Waals surface area contributed by atoms with E-state index in [1.165, 1.54) is 12.4 Å². The second-order valence-electron chi connectivity index (χ2n) is 7.91. The molecular weight excluding hydrogens is 454 g/mol. The first-order chi connectivity index (χ1) is 15.3. The van der Waals surface area contributed by atoms with Gasteiger partial charge in [0.05, 0.1) is 11.1 Å². The molecule has 3 aromatic heterocycles. The number of aromatic nitrogens is 6. The molecule has 32 heavy (non-hydrogen) atoms. The van der Waals surface area contributed by atoms with Gasteiger partial charge in [0.2, 0.25) is 16.0 Å². The number of rotatable bonds is 9. The zero-order valence-electron chi connectivity index (χ0n) is 17.9. The van der Waals surface area contributed by atoms with Crippen molar-refractivity contribution in [2.24, 2.45) is 0 Å². The number of ether oxygens (including phenoxy) is 1. The highest BCUT2D eigenvalue weighted by molar-refractivity contribution is 7.93. The Bertz CT molecular complexity index is 1170. The average Bonchev–Trinajstić information content (AvgIpc) is 3.52. The molecule has 1 N–H and O–H groups in total. The van der Waals surface area contributed by atoms with Crippen LogP contribution < -0.4 is 4.72 Å². The first-order valence-electron chi connectivity index (χ1n) is 10.3. The molecule has 2 atom stereocenters. The van der Waals surface area contributed by atoms with Gasteiger partial charge in [-0.2, -0.15) is 0 Å². The first kappa shape index (κ1) is 22.6. The lowest BCUT2D eigenvalue weighted by molar-refractivity contribution is 0.00154. The summed E-state index contributed by atoms with van der Waals surface area (Å²) in [6.45, 7) is 5.19. The summed E-state index contributed by atoms with van der Waals surface area (Å²) < 4.78 is 37.0. The van der Waals surface area contributed by atoms with Crippen molar-refractivity contribution < 1.29 is 13.2 Å². The van der Waals surface area contributed by atoms with Gasteiger partial charge in [-0.05, 0) is 45.7 Å². The largest absolute Gasteiger partial charge is 0.366 e. The molecule has 0 radical (unpaired) electrons. The number of halogens is 1. The maximum atomic E-state index is 13.3. The highest BCUT2D eigenvalue weighted by atomic mass is 35.5. The van der Waals surface area contributed by atoms with Gasteiger partial charge in [-0.25, -0.2) is 18.4 Å². The number of hydrogen-bond acceptors (Lipinski definition) is 8. The minimum Gasteiger partial charge on any atom is -0.366 e. The Morgan fingerprint density at radius 3 is 2.47 bits per heavy atom. The van der Waals surface area contributed by atoms with Crippen LogP contribution in [-0.4, -0.2) is 49.5 Å². The Kier molecular flexibility index (Phi) is 6.40. The maximum absolute atomic E-state index is 13.3. The van der Waals surface area contributed by atoms with E-state index >= 15 is 0 Å². The molecule has 1 aliphatic carbocycles. The van der Waals surface area contributed by atoms with Crippen LogP contribution in [0.5, 0.6) is 0 Å². The van der Waals surface area contributed by atoms with Crippen LogP contribution in [0.15, 0.2) is 36.9 Å². The second kappa shape index (κ2) is 9.08. The van der Waals surface area contributed by atoms with Crippen LogP contribution in [0.25, 0.3) is 11.4 Å². The van der Waals surface area contributed by atoms with Crippen LogP contribution >= 0.6 is 11.6 Å². The summed E-state index contributed by atoms with van der Waals surface area (Å²) in [5, 5.41) is 7.70. The van der Waals surface area contributed by atoms with Crippen molar-refractivity contribution in [3.63, 3.8) is 0 Å². The molecule has 3 heterocycles. The van der Waals surface area contributed by atoms with E-state index in [-0.39, 0.29) is 23.9 Å². The van der Waals surface area contributed by atoms with Gasteiger partial charge in [0.25, 0.3) is 0 Å². The fraction of sp³-hybridized carbons (Fsp3) is 0.450. The van der Waals surface area contributed by atoms with Gasteiger partial charge in [0.15, 0.2) is 11.6 Å². The number of nitrogens with one attached hydrogen (secondary N) is 1. The van der Waals surface area contributed by atoms with E-state index in [1.54, 1.807) is 25.4 Å². The van der Waals surface area contributed by atoms with Crippen molar-refractivity contribution in [2.75, 3.05) is 4.72 Å². The maximum Gasteiger partial charge on any atom is 0.240 e. The molecule has 1 saturated carbocycles. The van der Waals surface area contributed by atoms with Crippen molar-refractivity contribution in [3.8, 4) is 11.4 Å².